The van der Waals surface area contributed by atoms with Crippen molar-refractivity contribution in [3.05, 3.63) is 29.8 Å². The summed E-state index contributed by atoms with van der Waals surface area (Å²) in [5, 5.41) is 2.54. The number of likely N-dealkylation sites (N-methyl/N-ethyl adjacent to an activating group) is 1. The summed E-state index contributed by atoms with van der Waals surface area (Å²) < 4.78 is 37.9. The molecule has 1 amide bonds. The lowest BCUT2D eigenvalue weighted by molar-refractivity contribution is -0.137. The number of carbonyl (C=O) groups excluding carboxylic acids is 1. The highest BCUT2D eigenvalue weighted by Crippen LogP contribution is 2.30. The molecule has 0 radical (unpaired) electrons. The van der Waals surface area contributed by atoms with Crippen LogP contribution in [0.15, 0.2) is 24.3 Å². The van der Waals surface area contributed by atoms with Gasteiger partial charge in [0.25, 0.3) is 0 Å². The Hall–Kier alpha value is -1.56. The number of alkyl halides is 3. The number of carbonyl (C=O) groups is 1. The normalized spacial score (nSPS) is 16.8. The molecule has 1 aromatic carbocycles. The van der Waals surface area contributed by atoms with E-state index in [1.54, 1.807) is 0 Å². The third kappa shape index (κ3) is 4.73. The number of hydrogen-bond donors (Lipinski definition) is 1. The maximum atomic E-state index is 12.6. The zero-order chi connectivity index (χ0) is 16.2. The van der Waals surface area contributed by atoms with Crippen molar-refractivity contribution in [3.63, 3.8) is 0 Å². The number of anilines is 1. The molecule has 0 bridgehead atoms. The second-order valence-corrected chi connectivity index (χ2v) is 5.83. The summed E-state index contributed by atoms with van der Waals surface area (Å²) in [6.45, 7) is 0.195. The van der Waals surface area contributed by atoms with Crippen LogP contribution >= 0.6 is 0 Å². The maximum absolute atomic E-state index is 12.6. The molecular formula is C16H21F3N2O. The van der Waals surface area contributed by atoms with Crippen LogP contribution in [-0.2, 0) is 11.0 Å². The molecule has 1 aromatic rings. The predicted molar refractivity (Wildman–Crippen MR) is 79.6 cm³/mol. The van der Waals surface area contributed by atoms with E-state index in [1.165, 1.54) is 31.4 Å². The minimum Gasteiger partial charge on any atom is -0.325 e. The van der Waals surface area contributed by atoms with Crippen molar-refractivity contribution < 1.29 is 18.0 Å². The van der Waals surface area contributed by atoms with E-state index >= 15 is 0 Å². The van der Waals surface area contributed by atoms with Gasteiger partial charge in [-0.3, -0.25) is 9.69 Å². The standard InChI is InChI=1S/C16H21F3N2O/c1-21(14-8-3-2-4-9-14)11-15(22)20-13-7-5-6-12(10-13)16(17,18)19/h5-7,10,14H,2-4,8-9,11H2,1H3,(H,20,22). The van der Waals surface area contributed by atoms with Crippen molar-refractivity contribution in [3.8, 4) is 0 Å². The Morgan fingerprint density at radius 3 is 2.59 bits per heavy atom. The highest BCUT2D eigenvalue weighted by Gasteiger charge is 2.30. The molecule has 3 nitrogen and oxygen atoms in total. The Labute approximate surface area is 128 Å². The zero-order valence-electron chi connectivity index (χ0n) is 12.6. The topological polar surface area (TPSA) is 32.3 Å². The second-order valence-electron chi connectivity index (χ2n) is 5.83. The predicted octanol–water partition coefficient (Wildman–Crippen LogP) is 3.91. The first kappa shape index (κ1) is 16.8. The SMILES string of the molecule is CN(CC(=O)Nc1cccc(C(F)(F)F)c1)C1CCCCC1. The summed E-state index contributed by atoms with van der Waals surface area (Å²) in [5.41, 5.74) is -0.581. The smallest absolute Gasteiger partial charge is 0.325 e. The summed E-state index contributed by atoms with van der Waals surface area (Å²) in [4.78, 5) is 14.0. The summed E-state index contributed by atoms with van der Waals surface area (Å²) in [5.74, 6) is -0.285. The van der Waals surface area contributed by atoms with E-state index in [-0.39, 0.29) is 18.1 Å². The molecule has 1 aliphatic carbocycles. The van der Waals surface area contributed by atoms with Gasteiger partial charge in [0.05, 0.1) is 12.1 Å². The van der Waals surface area contributed by atoms with Crippen LogP contribution in [-0.4, -0.2) is 30.4 Å². The van der Waals surface area contributed by atoms with Crippen molar-refractivity contribution in [2.75, 3.05) is 18.9 Å². The minimum atomic E-state index is -4.40. The molecule has 1 saturated carbocycles. The molecule has 0 aromatic heterocycles. The van der Waals surface area contributed by atoms with Crippen molar-refractivity contribution >= 4 is 11.6 Å². The monoisotopic (exact) mass is 314 g/mol. The van der Waals surface area contributed by atoms with Gasteiger partial charge in [-0.1, -0.05) is 25.3 Å². The number of halogens is 3. The van der Waals surface area contributed by atoms with E-state index < -0.39 is 11.7 Å². The third-order valence-corrected chi connectivity index (χ3v) is 4.06. The van der Waals surface area contributed by atoms with E-state index in [9.17, 15) is 18.0 Å². The van der Waals surface area contributed by atoms with Gasteiger partial charge in [0.2, 0.25) is 5.91 Å². The van der Waals surface area contributed by atoms with Crippen molar-refractivity contribution in [1.29, 1.82) is 0 Å². The van der Waals surface area contributed by atoms with E-state index in [1.807, 2.05) is 11.9 Å². The van der Waals surface area contributed by atoms with E-state index in [4.69, 9.17) is 0 Å². The van der Waals surface area contributed by atoms with Gasteiger partial charge in [-0.2, -0.15) is 13.2 Å². The minimum absolute atomic E-state index is 0.178. The number of rotatable bonds is 4. The summed E-state index contributed by atoms with van der Waals surface area (Å²) in [6, 6.07) is 5.10. The van der Waals surface area contributed by atoms with Crippen LogP contribution in [0.2, 0.25) is 0 Å². The average molecular weight is 314 g/mol. The summed E-state index contributed by atoms with van der Waals surface area (Å²) >= 11 is 0. The molecule has 122 valence electrons. The van der Waals surface area contributed by atoms with Gasteiger partial charge in [-0.05, 0) is 38.1 Å². The highest BCUT2D eigenvalue weighted by molar-refractivity contribution is 5.92. The molecule has 1 aliphatic rings. The van der Waals surface area contributed by atoms with Crippen LogP contribution in [0.3, 0.4) is 0 Å². The summed E-state index contributed by atoms with van der Waals surface area (Å²) in [7, 11) is 1.89. The number of nitrogens with one attached hydrogen (secondary N) is 1. The van der Waals surface area contributed by atoms with E-state index in [2.05, 4.69) is 5.32 Å². The fourth-order valence-corrected chi connectivity index (χ4v) is 2.85. The number of nitrogens with zero attached hydrogens (tertiary/aromatic N) is 1. The zero-order valence-corrected chi connectivity index (χ0v) is 12.6. The fraction of sp³-hybridized carbons (Fsp3) is 0.562. The lowest BCUT2D eigenvalue weighted by Crippen LogP contribution is -2.39. The Kier molecular flexibility index (Phi) is 5.45. The van der Waals surface area contributed by atoms with Crippen LogP contribution in [0.1, 0.15) is 37.7 Å². The molecule has 6 heteroatoms. The highest BCUT2D eigenvalue weighted by atomic mass is 19.4. The van der Waals surface area contributed by atoms with Gasteiger partial charge < -0.3 is 5.32 Å². The molecule has 2 rings (SSSR count). The summed E-state index contributed by atoms with van der Waals surface area (Å²) in [6.07, 6.45) is 1.33. The molecule has 1 N–H and O–H groups in total. The first-order valence-corrected chi connectivity index (χ1v) is 7.53. The van der Waals surface area contributed by atoms with Crippen LogP contribution in [0.5, 0.6) is 0 Å². The van der Waals surface area contributed by atoms with Crippen molar-refractivity contribution in [1.82, 2.24) is 4.90 Å². The van der Waals surface area contributed by atoms with Crippen LogP contribution in [0, 0.1) is 0 Å². The molecule has 0 heterocycles. The maximum Gasteiger partial charge on any atom is 0.416 e. The van der Waals surface area contributed by atoms with Crippen molar-refractivity contribution in [2.24, 2.45) is 0 Å². The Balaban J connectivity index is 1.91. The molecule has 1 fully saturated rings. The molecule has 0 aliphatic heterocycles. The van der Waals surface area contributed by atoms with Crippen LogP contribution in [0.25, 0.3) is 0 Å². The molecular weight excluding hydrogens is 293 g/mol. The molecule has 0 spiro atoms. The number of hydrogen-bond acceptors (Lipinski definition) is 2. The fourth-order valence-electron chi connectivity index (χ4n) is 2.85. The average Bonchev–Trinajstić information content (AvgIpc) is 2.47. The van der Waals surface area contributed by atoms with E-state index in [0.29, 0.717) is 6.04 Å². The van der Waals surface area contributed by atoms with Gasteiger partial charge in [0.15, 0.2) is 0 Å². The Bertz CT molecular complexity index is 510. The lowest BCUT2D eigenvalue weighted by Gasteiger charge is -2.30. The number of benzene rings is 1. The first-order valence-electron chi connectivity index (χ1n) is 7.53. The van der Waals surface area contributed by atoms with Gasteiger partial charge in [-0.25, -0.2) is 0 Å². The van der Waals surface area contributed by atoms with Gasteiger partial charge >= 0.3 is 6.18 Å². The quantitative estimate of drug-likeness (QED) is 0.914. The third-order valence-electron chi connectivity index (χ3n) is 4.06. The van der Waals surface area contributed by atoms with Crippen LogP contribution in [0.4, 0.5) is 18.9 Å². The second kappa shape index (κ2) is 7.13. The Morgan fingerprint density at radius 1 is 1.27 bits per heavy atom. The molecule has 22 heavy (non-hydrogen) atoms. The molecule has 0 unspecified atom stereocenters. The van der Waals surface area contributed by atoms with E-state index in [0.717, 1.165) is 25.0 Å². The Morgan fingerprint density at radius 2 is 1.95 bits per heavy atom. The molecule has 0 saturated heterocycles. The van der Waals surface area contributed by atoms with Crippen molar-refractivity contribution in [2.45, 2.75) is 44.3 Å². The first-order chi connectivity index (χ1) is 10.4. The molecule has 0 atom stereocenters. The lowest BCUT2D eigenvalue weighted by atomic mass is 9.94. The van der Waals surface area contributed by atoms with Crippen LogP contribution < -0.4 is 5.32 Å². The van der Waals surface area contributed by atoms with Gasteiger partial charge in [0, 0.05) is 11.7 Å². The van der Waals surface area contributed by atoms with Gasteiger partial charge in [-0.15, -0.1) is 0 Å². The number of amides is 1. The van der Waals surface area contributed by atoms with Gasteiger partial charge in [0.1, 0.15) is 0 Å². The largest absolute Gasteiger partial charge is 0.416 e.